The Morgan fingerprint density at radius 2 is 2.30 bits per heavy atom. The molecular formula is C7H10O3. The second kappa shape index (κ2) is 2.82. The minimum Gasteiger partial charge on any atom is -0.462 e. The zero-order valence-corrected chi connectivity index (χ0v) is 5.92. The van der Waals surface area contributed by atoms with Crippen molar-refractivity contribution in [3.05, 3.63) is 0 Å². The van der Waals surface area contributed by atoms with Crippen molar-refractivity contribution in [1.29, 1.82) is 0 Å². The number of Topliss-reactive ketones (excluding diaryl/α,β-unsaturated/α-hetero) is 1. The second-order valence-electron chi connectivity index (χ2n) is 2.44. The van der Waals surface area contributed by atoms with Crippen LogP contribution in [-0.4, -0.2) is 17.9 Å². The van der Waals surface area contributed by atoms with Crippen molar-refractivity contribution in [2.45, 2.75) is 32.3 Å². The predicted octanol–water partition coefficient (Wildman–Crippen LogP) is 0.671. The summed E-state index contributed by atoms with van der Waals surface area (Å²) in [4.78, 5) is 21.3. The zero-order valence-electron chi connectivity index (χ0n) is 5.92. The van der Waals surface area contributed by atoms with Crippen LogP contribution in [0, 0.1) is 0 Å². The largest absolute Gasteiger partial charge is 0.462 e. The number of cyclic esters (lactones) is 1. The molecule has 1 fully saturated rings. The van der Waals surface area contributed by atoms with Crippen LogP contribution in [0.2, 0.25) is 0 Å². The van der Waals surface area contributed by atoms with Gasteiger partial charge in [-0.25, -0.2) is 0 Å². The molecule has 10 heavy (non-hydrogen) atoms. The molecule has 0 unspecified atom stereocenters. The number of hydrogen-bond donors (Lipinski definition) is 0. The maximum absolute atomic E-state index is 10.7. The Balaban J connectivity index is 2.50. The first-order chi connectivity index (χ1) is 4.72. The lowest BCUT2D eigenvalue weighted by molar-refractivity contribution is -0.157. The van der Waals surface area contributed by atoms with E-state index < -0.39 is 0 Å². The third kappa shape index (κ3) is 1.56. The molecular weight excluding hydrogens is 132 g/mol. The fourth-order valence-corrected chi connectivity index (χ4v) is 0.984. The molecule has 0 N–H and O–H groups in total. The van der Waals surface area contributed by atoms with Gasteiger partial charge in [0.2, 0.25) is 0 Å². The van der Waals surface area contributed by atoms with Crippen molar-refractivity contribution in [2.75, 3.05) is 0 Å². The van der Waals surface area contributed by atoms with Gasteiger partial charge < -0.3 is 4.74 Å². The third-order valence-electron chi connectivity index (χ3n) is 1.55. The van der Waals surface area contributed by atoms with Gasteiger partial charge in [0.1, 0.15) is 18.3 Å². The first kappa shape index (κ1) is 7.25. The molecule has 1 heterocycles. The van der Waals surface area contributed by atoms with Crippen molar-refractivity contribution >= 4 is 11.8 Å². The van der Waals surface area contributed by atoms with Crippen LogP contribution in [0.5, 0.6) is 0 Å². The van der Waals surface area contributed by atoms with Crippen LogP contribution in [0.4, 0.5) is 0 Å². The predicted molar refractivity (Wildman–Crippen MR) is 34.4 cm³/mol. The number of esters is 1. The molecule has 0 aromatic heterocycles. The number of carbonyl (C=O) groups excluding carboxylic acids is 2. The van der Waals surface area contributed by atoms with Crippen LogP contribution in [0.25, 0.3) is 0 Å². The number of rotatable bonds is 1. The van der Waals surface area contributed by atoms with Gasteiger partial charge >= 0.3 is 5.97 Å². The van der Waals surface area contributed by atoms with E-state index in [4.69, 9.17) is 4.74 Å². The molecule has 0 radical (unpaired) electrons. The summed E-state index contributed by atoms with van der Waals surface area (Å²) in [7, 11) is 0. The molecule has 1 saturated heterocycles. The van der Waals surface area contributed by atoms with Crippen LogP contribution >= 0.6 is 0 Å². The SMILES string of the molecule is CC[C@H]1CC(=O)CC(=O)O1. The van der Waals surface area contributed by atoms with Crippen molar-refractivity contribution in [3.8, 4) is 0 Å². The smallest absolute Gasteiger partial charge is 0.313 e. The topological polar surface area (TPSA) is 43.4 Å². The monoisotopic (exact) mass is 142 g/mol. The lowest BCUT2D eigenvalue weighted by Gasteiger charge is -2.19. The summed E-state index contributed by atoms with van der Waals surface area (Å²) >= 11 is 0. The van der Waals surface area contributed by atoms with Crippen LogP contribution in [0.3, 0.4) is 0 Å². The summed E-state index contributed by atoms with van der Waals surface area (Å²) in [5, 5.41) is 0. The maximum Gasteiger partial charge on any atom is 0.313 e. The minimum atomic E-state index is -0.372. The van der Waals surface area contributed by atoms with E-state index >= 15 is 0 Å². The average molecular weight is 142 g/mol. The second-order valence-corrected chi connectivity index (χ2v) is 2.44. The van der Waals surface area contributed by atoms with Gasteiger partial charge in [0, 0.05) is 6.42 Å². The highest BCUT2D eigenvalue weighted by Gasteiger charge is 2.24. The highest BCUT2D eigenvalue weighted by Crippen LogP contribution is 2.12. The molecule has 56 valence electrons. The molecule has 1 aliphatic heterocycles. The fourth-order valence-electron chi connectivity index (χ4n) is 0.984. The number of carbonyl (C=O) groups is 2. The maximum atomic E-state index is 10.7. The van der Waals surface area contributed by atoms with Crippen LogP contribution in [0.1, 0.15) is 26.2 Å². The molecule has 0 aromatic rings. The lowest BCUT2D eigenvalue weighted by atomic mass is 10.1. The summed E-state index contributed by atoms with van der Waals surface area (Å²) in [6.45, 7) is 1.90. The summed E-state index contributed by atoms with van der Waals surface area (Å²) in [5.74, 6) is -0.369. The summed E-state index contributed by atoms with van der Waals surface area (Å²) < 4.78 is 4.85. The number of ketones is 1. The van der Waals surface area contributed by atoms with E-state index in [9.17, 15) is 9.59 Å². The van der Waals surface area contributed by atoms with Gasteiger partial charge in [0.25, 0.3) is 0 Å². The van der Waals surface area contributed by atoms with Crippen LogP contribution < -0.4 is 0 Å². The van der Waals surface area contributed by atoms with Gasteiger partial charge in [-0.3, -0.25) is 9.59 Å². The third-order valence-corrected chi connectivity index (χ3v) is 1.55. The van der Waals surface area contributed by atoms with Gasteiger partial charge in [0.15, 0.2) is 0 Å². The average Bonchev–Trinajstić information content (AvgIpc) is 1.85. The molecule has 1 rings (SSSR count). The first-order valence-corrected chi connectivity index (χ1v) is 3.43. The standard InChI is InChI=1S/C7H10O3/c1-2-6-3-5(8)4-7(9)10-6/h6H,2-4H2,1H3/t6-/m0/s1. The fraction of sp³-hybridized carbons (Fsp3) is 0.714. The van der Waals surface area contributed by atoms with E-state index in [-0.39, 0.29) is 24.3 Å². The summed E-state index contributed by atoms with van der Waals surface area (Å²) in [6, 6.07) is 0. The Bertz CT molecular complexity index is 146. The molecule has 1 aliphatic rings. The number of hydrogen-bond acceptors (Lipinski definition) is 3. The molecule has 0 aromatic carbocycles. The van der Waals surface area contributed by atoms with Gasteiger partial charge in [-0.2, -0.15) is 0 Å². The Labute approximate surface area is 59.4 Å². The Hall–Kier alpha value is -0.860. The van der Waals surface area contributed by atoms with E-state index in [0.29, 0.717) is 6.42 Å². The molecule has 1 atom stereocenters. The Kier molecular flexibility index (Phi) is 2.04. The number of ether oxygens (including phenoxy) is 1. The quantitative estimate of drug-likeness (QED) is 0.399. The van der Waals surface area contributed by atoms with E-state index in [1.165, 1.54) is 0 Å². The van der Waals surface area contributed by atoms with Gasteiger partial charge in [-0.1, -0.05) is 6.92 Å². The lowest BCUT2D eigenvalue weighted by Crippen LogP contribution is -2.28. The molecule has 0 bridgehead atoms. The first-order valence-electron chi connectivity index (χ1n) is 3.43. The Morgan fingerprint density at radius 1 is 1.60 bits per heavy atom. The molecule has 3 heteroatoms. The molecule has 0 saturated carbocycles. The Morgan fingerprint density at radius 3 is 2.80 bits per heavy atom. The van der Waals surface area contributed by atoms with E-state index in [1.54, 1.807) is 0 Å². The van der Waals surface area contributed by atoms with Crippen LogP contribution in [0.15, 0.2) is 0 Å². The van der Waals surface area contributed by atoms with Crippen molar-refractivity contribution in [2.24, 2.45) is 0 Å². The molecule has 3 nitrogen and oxygen atoms in total. The van der Waals surface area contributed by atoms with Crippen molar-refractivity contribution in [1.82, 2.24) is 0 Å². The summed E-state index contributed by atoms with van der Waals surface area (Å²) in [5.41, 5.74) is 0. The highest BCUT2D eigenvalue weighted by molar-refractivity contribution is 5.97. The molecule has 0 spiro atoms. The minimum absolute atomic E-state index is 0.00287. The summed E-state index contributed by atoms with van der Waals surface area (Å²) in [6.07, 6.45) is 0.949. The van der Waals surface area contributed by atoms with Crippen molar-refractivity contribution in [3.63, 3.8) is 0 Å². The molecule has 0 amide bonds. The van der Waals surface area contributed by atoms with Gasteiger partial charge in [-0.15, -0.1) is 0 Å². The zero-order chi connectivity index (χ0) is 7.56. The van der Waals surface area contributed by atoms with Gasteiger partial charge in [-0.05, 0) is 6.42 Å². The van der Waals surface area contributed by atoms with E-state index in [0.717, 1.165) is 6.42 Å². The molecule has 0 aliphatic carbocycles. The highest BCUT2D eigenvalue weighted by atomic mass is 16.5. The van der Waals surface area contributed by atoms with Crippen LogP contribution in [-0.2, 0) is 14.3 Å². The van der Waals surface area contributed by atoms with E-state index in [2.05, 4.69) is 0 Å². The van der Waals surface area contributed by atoms with E-state index in [1.807, 2.05) is 6.92 Å². The van der Waals surface area contributed by atoms with Gasteiger partial charge in [0.05, 0.1) is 0 Å². The normalized spacial score (nSPS) is 26.3. The van der Waals surface area contributed by atoms with Crippen molar-refractivity contribution < 1.29 is 14.3 Å².